The molecule has 1 aliphatic rings. The second kappa shape index (κ2) is 3.48. The Morgan fingerprint density at radius 1 is 1.17 bits per heavy atom. The van der Waals surface area contributed by atoms with E-state index in [1.807, 2.05) is 39.0 Å². The molecule has 0 spiro atoms. The van der Waals surface area contributed by atoms with Crippen LogP contribution in [0, 0.1) is 6.92 Å². The normalized spacial score (nSPS) is 16.4. The van der Waals surface area contributed by atoms with Crippen LogP contribution < -0.4 is 10.4 Å². The molecule has 0 radical (unpaired) electrons. The van der Waals surface area contributed by atoms with E-state index in [0.717, 1.165) is 22.3 Å². The van der Waals surface area contributed by atoms with Crippen molar-refractivity contribution in [1.29, 1.82) is 0 Å². The Bertz CT molecular complexity index is 720. The first-order valence-corrected chi connectivity index (χ1v) is 5.91. The van der Waals surface area contributed by atoms with E-state index in [0.29, 0.717) is 5.58 Å². The predicted octanol–water partition coefficient (Wildman–Crippen LogP) is 3.29. The van der Waals surface area contributed by atoms with Crippen molar-refractivity contribution in [2.75, 3.05) is 0 Å². The molecule has 3 heteroatoms. The molecule has 0 atom stereocenters. The van der Waals surface area contributed by atoms with Crippen LogP contribution in [0.4, 0.5) is 0 Å². The first kappa shape index (κ1) is 11.1. The van der Waals surface area contributed by atoms with E-state index in [4.69, 9.17) is 9.15 Å². The Hall–Kier alpha value is -2.03. The molecule has 2 heterocycles. The maximum absolute atomic E-state index is 11.4. The Kier molecular flexibility index (Phi) is 2.14. The molecular formula is C15H14O3. The molecule has 0 saturated carbocycles. The maximum Gasteiger partial charge on any atom is 0.336 e. The minimum absolute atomic E-state index is 0.328. The highest BCUT2D eigenvalue weighted by Crippen LogP contribution is 2.34. The van der Waals surface area contributed by atoms with Crippen molar-refractivity contribution in [1.82, 2.24) is 0 Å². The monoisotopic (exact) mass is 242 g/mol. The quantitative estimate of drug-likeness (QED) is 0.665. The molecule has 0 aliphatic carbocycles. The second-order valence-corrected chi connectivity index (χ2v) is 5.17. The second-order valence-electron chi connectivity index (χ2n) is 5.17. The highest BCUT2D eigenvalue weighted by atomic mass is 16.5. The van der Waals surface area contributed by atoms with Gasteiger partial charge in [-0.1, -0.05) is 6.08 Å². The van der Waals surface area contributed by atoms with Crippen molar-refractivity contribution >= 4 is 17.0 Å². The molecular weight excluding hydrogens is 228 g/mol. The van der Waals surface area contributed by atoms with E-state index in [2.05, 4.69) is 0 Å². The summed E-state index contributed by atoms with van der Waals surface area (Å²) in [4.78, 5) is 11.4. The van der Waals surface area contributed by atoms with Crippen LogP contribution in [0.3, 0.4) is 0 Å². The standard InChI is InChI=1S/C15H14O3/c1-9-6-14(16)17-13-8-12-10(7-11(9)13)4-5-15(2,3)18-12/h4-8H,1-3H3. The summed E-state index contributed by atoms with van der Waals surface area (Å²) in [6, 6.07) is 5.30. The molecule has 92 valence electrons. The molecule has 0 bridgehead atoms. The summed E-state index contributed by atoms with van der Waals surface area (Å²) in [5.74, 6) is 0.753. The number of rotatable bonds is 0. The van der Waals surface area contributed by atoms with E-state index in [9.17, 15) is 4.79 Å². The van der Waals surface area contributed by atoms with Crippen LogP contribution in [-0.2, 0) is 0 Å². The van der Waals surface area contributed by atoms with Crippen LogP contribution in [0.2, 0.25) is 0 Å². The van der Waals surface area contributed by atoms with Crippen LogP contribution in [0.5, 0.6) is 5.75 Å². The number of ether oxygens (including phenoxy) is 1. The zero-order valence-corrected chi connectivity index (χ0v) is 10.6. The van der Waals surface area contributed by atoms with Gasteiger partial charge in [-0.25, -0.2) is 4.79 Å². The lowest BCUT2D eigenvalue weighted by molar-refractivity contribution is 0.159. The molecule has 2 aromatic rings. The van der Waals surface area contributed by atoms with Crippen molar-refractivity contribution in [2.45, 2.75) is 26.4 Å². The van der Waals surface area contributed by atoms with Gasteiger partial charge in [0.25, 0.3) is 0 Å². The number of benzene rings is 1. The van der Waals surface area contributed by atoms with Crippen molar-refractivity contribution in [3.8, 4) is 5.75 Å². The number of hydrogen-bond donors (Lipinski definition) is 0. The fourth-order valence-electron chi connectivity index (χ4n) is 2.19. The summed E-state index contributed by atoms with van der Waals surface area (Å²) in [5, 5.41) is 0.946. The van der Waals surface area contributed by atoms with Crippen molar-refractivity contribution in [3.63, 3.8) is 0 Å². The first-order chi connectivity index (χ1) is 8.44. The zero-order valence-electron chi connectivity index (χ0n) is 10.6. The molecule has 18 heavy (non-hydrogen) atoms. The highest BCUT2D eigenvalue weighted by Gasteiger charge is 2.22. The van der Waals surface area contributed by atoms with Crippen molar-refractivity contribution in [2.24, 2.45) is 0 Å². The molecule has 3 nitrogen and oxygen atoms in total. The lowest BCUT2D eigenvalue weighted by Crippen LogP contribution is -2.27. The lowest BCUT2D eigenvalue weighted by Gasteiger charge is -2.27. The number of hydrogen-bond acceptors (Lipinski definition) is 3. The topological polar surface area (TPSA) is 39.4 Å². The minimum Gasteiger partial charge on any atom is -0.483 e. The van der Waals surface area contributed by atoms with Crippen LogP contribution in [0.15, 0.2) is 33.5 Å². The number of fused-ring (bicyclic) bond motifs is 2. The highest BCUT2D eigenvalue weighted by molar-refractivity contribution is 5.85. The first-order valence-electron chi connectivity index (χ1n) is 5.91. The van der Waals surface area contributed by atoms with Gasteiger partial charge in [0.1, 0.15) is 16.9 Å². The Morgan fingerprint density at radius 3 is 2.72 bits per heavy atom. The fraction of sp³-hybridized carbons (Fsp3) is 0.267. The largest absolute Gasteiger partial charge is 0.483 e. The van der Waals surface area contributed by atoms with E-state index < -0.39 is 0 Å². The van der Waals surface area contributed by atoms with Gasteiger partial charge >= 0.3 is 5.63 Å². The smallest absolute Gasteiger partial charge is 0.336 e. The summed E-state index contributed by atoms with van der Waals surface area (Å²) < 4.78 is 11.1. The van der Waals surface area contributed by atoms with Gasteiger partial charge in [0.05, 0.1) is 0 Å². The summed E-state index contributed by atoms with van der Waals surface area (Å²) in [7, 11) is 0. The minimum atomic E-state index is -0.329. The molecule has 0 unspecified atom stereocenters. The van der Waals surface area contributed by atoms with Gasteiger partial charge < -0.3 is 9.15 Å². The van der Waals surface area contributed by atoms with E-state index in [-0.39, 0.29) is 11.2 Å². The zero-order chi connectivity index (χ0) is 12.9. The van der Waals surface area contributed by atoms with E-state index >= 15 is 0 Å². The van der Waals surface area contributed by atoms with Gasteiger partial charge in [0.15, 0.2) is 0 Å². The van der Waals surface area contributed by atoms with Gasteiger partial charge in [0.2, 0.25) is 0 Å². The van der Waals surface area contributed by atoms with Gasteiger partial charge in [-0.2, -0.15) is 0 Å². The third-order valence-corrected chi connectivity index (χ3v) is 3.12. The lowest BCUT2D eigenvalue weighted by atomic mass is 10.00. The summed E-state index contributed by atoms with van der Waals surface area (Å²) in [6.45, 7) is 5.88. The molecule has 1 aliphatic heterocycles. The fourth-order valence-corrected chi connectivity index (χ4v) is 2.19. The average molecular weight is 242 g/mol. The van der Waals surface area contributed by atoms with E-state index in [1.165, 1.54) is 6.07 Å². The Morgan fingerprint density at radius 2 is 1.94 bits per heavy atom. The van der Waals surface area contributed by atoms with Crippen LogP contribution in [0.25, 0.3) is 17.0 Å². The number of aryl methyl sites for hydroxylation is 1. The molecule has 0 N–H and O–H groups in total. The summed E-state index contributed by atoms with van der Waals surface area (Å²) in [6.07, 6.45) is 4.07. The molecule has 0 fully saturated rings. The molecule has 3 rings (SSSR count). The van der Waals surface area contributed by atoms with Crippen LogP contribution in [-0.4, -0.2) is 5.60 Å². The third kappa shape index (κ3) is 1.72. The Balaban J connectivity index is 2.31. The predicted molar refractivity (Wildman–Crippen MR) is 71.0 cm³/mol. The molecule has 1 aromatic carbocycles. The summed E-state index contributed by atoms with van der Waals surface area (Å²) >= 11 is 0. The maximum atomic E-state index is 11.4. The van der Waals surface area contributed by atoms with Crippen LogP contribution in [0.1, 0.15) is 25.0 Å². The molecule has 0 saturated heterocycles. The van der Waals surface area contributed by atoms with Crippen molar-refractivity contribution in [3.05, 3.63) is 45.8 Å². The Labute approximate surface area is 105 Å². The van der Waals surface area contributed by atoms with Crippen molar-refractivity contribution < 1.29 is 9.15 Å². The third-order valence-electron chi connectivity index (χ3n) is 3.12. The van der Waals surface area contributed by atoms with Gasteiger partial charge in [-0.3, -0.25) is 0 Å². The SMILES string of the molecule is Cc1cc(=O)oc2cc3c(cc12)C=CC(C)(C)O3. The average Bonchev–Trinajstić information content (AvgIpc) is 2.25. The van der Waals surface area contributed by atoms with Gasteiger partial charge in [0, 0.05) is 23.1 Å². The van der Waals surface area contributed by atoms with Gasteiger partial charge in [-0.05, 0) is 38.5 Å². The molecule has 1 aromatic heterocycles. The van der Waals surface area contributed by atoms with Gasteiger partial charge in [-0.15, -0.1) is 0 Å². The summed E-state index contributed by atoms with van der Waals surface area (Å²) in [5.41, 5.74) is 1.85. The van der Waals surface area contributed by atoms with Crippen LogP contribution >= 0.6 is 0 Å². The molecule has 0 amide bonds. The van der Waals surface area contributed by atoms with E-state index in [1.54, 1.807) is 6.07 Å².